The molecule has 2 amide bonds. The van der Waals surface area contributed by atoms with Gasteiger partial charge in [-0.15, -0.1) is 0 Å². The summed E-state index contributed by atoms with van der Waals surface area (Å²) < 4.78 is 39.2. The largest absolute Gasteiger partial charge is 0.355 e. The number of hydroxylamine groups is 2. The Bertz CT molecular complexity index is 892. The topological polar surface area (TPSA) is 86.7 Å². The highest BCUT2D eigenvalue weighted by atomic mass is 32.2. The number of nitrogens with one attached hydrogen (secondary N) is 1. The van der Waals surface area contributed by atoms with Crippen molar-refractivity contribution in [3.05, 3.63) is 65.5 Å². The van der Waals surface area contributed by atoms with E-state index in [-0.39, 0.29) is 16.6 Å². The third-order valence-electron chi connectivity index (χ3n) is 4.56. The van der Waals surface area contributed by atoms with Crippen LogP contribution in [0.2, 0.25) is 0 Å². The van der Waals surface area contributed by atoms with Crippen LogP contribution in [-0.4, -0.2) is 30.8 Å². The predicted octanol–water partition coefficient (Wildman–Crippen LogP) is 3.17. The Morgan fingerprint density at radius 3 is 2.27 bits per heavy atom. The lowest BCUT2D eigenvalue weighted by atomic mass is 9.76. The van der Waals surface area contributed by atoms with Gasteiger partial charge in [0.15, 0.2) is 0 Å². The molecule has 1 aliphatic carbocycles. The molecule has 3 rings (SSSR count). The molecule has 2 aromatic carbocycles. The smallest absolute Gasteiger partial charge is 0.284 e. The molecule has 0 saturated heterocycles. The molecule has 0 unspecified atom stereocenters. The number of urea groups is 1. The number of nitrogens with zero attached hydrogens (tertiary/aromatic N) is 1. The Hall–Kier alpha value is -2.45. The number of carbonyl (C=O) groups is 1. The van der Waals surface area contributed by atoms with Crippen molar-refractivity contribution in [1.82, 2.24) is 9.79 Å². The molecule has 0 aliphatic heterocycles. The number of amides is 2. The molecular weight excluding hydrogens is 359 g/mol. The van der Waals surface area contributed by atoms with Crippen molar-refractivity contribution in [3.8, 4) is 0 Å². The van der Waals surface area contributed by atoms with E-state index >= 15 is 0 Å². The van der Waals surface area contributed by atoms with Gasteiger partial charge < -0.3 is 0 Å². The highest BCUT2D eigenvalue weighted by Gasteiger charge is 2.37. The summed E-state index contributed by atoms with van der Waals surface area (Å²) in [6, 6.07) is 10.5. The summed E-state index contributed by atoms with van der Waals surface area (Å²) in [5.41, 5.74) is 1.81. The maximum absolute atomic E-state index is 12.9. The molecule has 2 N–H and O–H groups in total. The van der Waals surface area contributed by atoms with Gasteiger partial charge in [-0.1, -0.05) is 29.8 Å². The van der Waals surface area contributed by atoms with Crippen molar-refractivity contribution in [1.29, 1.82) is 0 Å². The van der Waals surface area contributed by atoms with E-state index in [4.69, 9.17) is 0 Å². The first-order chi connectivity index (χ1) is 12.3. The number of carbonyl (C=O) groups excluding carboxylic acids is 1. The second kappa shape index (κ2) is 7.05. The molecule has 2 aromatic rings. The van der Waals surface area contributed by atoms with Crippen LogP contribution in [0.1, 0.15) is 29.9 Å². The first-order valence-electron chi connectivity index (χ1n) is 8.13. The van der Waals surface area contributed by atoms with E-state index in [1.807, 2.05) is 11.6 Å². The van der Waals surface area contributed by atoms with Crippen LogP contribution in [-0.2, 0) is 10.0 Å². The zero-order valence-electron chi connectivity index (χ0n) is 14.1. The van der Waals surface area contributed by atoms with Crippen molar-refractivity contribution in [2.24, 2.45) is 0 Å². The summed E-state index contributed by atoms with van der Waals surface area (Å²) in [6.45, 7) is 1.82. The van der Waals surface area contributed by atoms with Gasteiger partial charge in [-0.05, 0) is 55.5 Å². The van der Waals surface area contributed by atoms with E-state index in [2.05, 4.69) is 0 Å². The van der Waals surface area contributed by atoms with Crippen molar-refractivity contribution < 1.29 is 22.8 Å². The van der Waals surface area contributed by atoms with Crippen LogP contribution >= 0.6 is 0 Å². The molecule has 138 valence electrons. The molecule has 0 atom stereocenters. The van der Waals surface area contributed by atoms with Crippen LogP contribution in [0, 0.1) is 12.7 Å². The maximum Gasteiger partial charge on any atom is 0.355 e. The number of aryl methyl sites for hydroxylation is 1. The van der Waals surface area contributed by atoms with E-state index in [0.29, 0.717) is 17.9 Å². The second-order valence-corrected chi connectivity index (χ2v) is 8.12. The van der Waals surface area contributed by atoms with Crippen LogP contribution in [0.25, 0.3) is 0 Å². The van der Waals surface area contributed by atoms with Gasteiger partial charge in [-0.2, -0.15) is 0 Å². The van der Waals surface area contributed by atoms with Gasteiger partial charge in [0.25, 0.3) is 10.0 Å². The Morgan fingerprint density at radius 1 is 1.12 bits per heavy atom. The summed E-state index contributed by atoms with van der Waals surface area (Å²) in [5.74, 6) is -0.231. The SMILES string of the molecule is Cc1ccc(S(=O)(=O)NC(=O)N(O)[C@H]2C[C@@H](c3ccc(F)cc3)C2)cc1. The molecule has 0 aromatic heterocycles. The highest BCUT2D eigenvalue weighted by molar-refractivity contribution is 7.90. The third-order valence-corrected chi connectivity index (χ3v) is 5.90. The number of hydrogen-bond donors (Lipinski definition) is 2. The fourth-order valence-corrected chi connectivity index (χ4v) is 3.83. The second-order valence-electron chi connectivity index (χ2n) is 6.44. The van der Waals surface area contributed by atoms with Crippen LogP contribution in [0.5, 0.6) is 0 Å². The molecule has 6 nitrogen and oxygen atoms in total. The summed E-state index contributed by atoms with van der Waals surface area (Å²) in [7, 11) is -4.05. The zero-order chi connectivity index (χ0) is 18.9. The van der Waals surface area contributed by atoms with Crippen LogP contribution in [0.4, 0.5) is 9.18 Å². The van der Waals surface area contributed by atoms with Gasteiger partial charge in [0.2, 0.25) is 0 Å². The minimum Gasteiger partial charge on any atom is -0.284 e. The van der Waals surface area contributed by atoms with Crippen molar-refractivity contribution in [2.75, 3.05) is 0 Å². The Morgan fingerprint density at radius 2 is 1.69 bits per heavy atom. The average molecular weight is 378 g/mol. The first kappa shape index (κ1) is 18.3. The number of rotatable bonds is 4. The zero-order valence-corrected chi connectivity index (χ0v) is 14.9. The van der Waals surface area contributed by atoms with Crippen LogP contribution < -0.4 is 4.72 Å². The minimum atomic E-state index is -4.05. The molecule has 0 bridgehead atoms. The number of benzene rings is 2. The Balaban J connectivity index is 1.58. The van der Waals surface area contributed by atoms with E-state index in [1.54, 1.807) is 24.3 Å². The van der Waals surface area contributed by atoms with Gasteiger partial charge in [0.05, 0.1) is 10.9 Å². The first-order valence-corrected chi connectivity index (χ1v) is 9.61. The van der Waals surface area contributed by atoms with E-state index in [9.17, 15) is 22.8 Å². The molecule has 1 saturated carbocycles. The van der Waals surface area contributed by atoms with Crippen LogP contribution in [0.15, 0.2) is 53.4 Å². The summed E-state index contributed by atoms with van der Waals surface area (Å²) in [4.78, 5) is 12.0. The molecule has 26 heavy (non-hydrogen) atoms. The standard InChI is InChI=1S/C18H19FN2O4S/c1-12-2-8-17(9-3-12)26(24,25)20-18(22)21(23)16-10-14(11-16)13-4-6-15(19)7-5-13/h2-9,14,16,23H,10-11H2,1H3,(H,20,22)/t14-,16+. The third kappa shape index (κ3) is 3.86. The fraction of sp³-hybridized carbons (Fsp3) is 0.278. The lowest BCUT2D eigenvalue weighted by Crippen LogP contribution is -2.50. The lowest BCUT2D eigenvalue weighted by molar-refractivity contribution is -0.103. The van der Waals surface area contributed by atoms with Crippen molar-refractivity contribution >= 4 is 16.1 Å². The van der Waals surface area contributed by atoms with Gasteiger partial charge >= 0.3 is 6.03 Å². The monoisotopic (exact) mass is 378 g/mol. The van der Waals surface area contributed by atoms with E-state index in [1.165, 1.54) is 24.3 Å². The summed E-state index contributed by atoms with van der Waals surface area (Å²) in [6.07, 6.45) is 0.945. The van der Waals surface area contributed by atoms with Gasteiger partial charge in [0.1, 0.15) is 5.82 Å². The summed E-state index contributed by atoms with van der Waals surface area (Å²) >= 11 is 0. The predicted molar refractivity (Wildman–Crippen MR) is 92.7 cm³/mol. The van der Waals surface area contributed by atoms with Crippen LogP contribution in [0.3, 0.4) is 0 Å². The van der Waals surface area contributed by atoms with E-state index in [0.717, 1.165) is 11.1 Å². The number of halogens is 1. The molecule has 1 fully saturated rings. The number of sulfonamides is 1. The van der Waals surface area contributed by atoms with E-state index < -0.39 is 22.1 Å². The highest BCUT2D eigenvalue weighted by Crippen LogP contribution is 2.39. The number of hydrogen-bond acceptors (Lipinski definition) is 4. The van der Waals surface area contributed by atoms with Crippen molar-refractivity contribution in [2.45, 2.75) is 36.6 Å². The molecule has 1 aliphatic rings. The van der Waals surface area contributed by atoms with Gasteiger partial charge in [-0.25, -0.2) is 27.4 Å². The van der Waals surface area contributed by atoms with Gasteiger partial charge in [0, 0.05) is 0 Å². The molecule has 8 heteroatoms. The Kier molecular flexibility index (Phi) is 4.97. The molecular formula is C18H19FN2O4S. The fourth-order valence-electron chi connectivity index (χ4n) is 2.90. The lowest BCUT2D eigenvalue weighted by Gasteiger charge is -2.39. The quantitative estimate of drug-likeness (QED) is 0.632. The van der Waals surface area contributed by atoms with Gasteiger partial charge in [-0.3, -0.25) is 5.21 Å². The maximum atomic E-state index is 12.9. The average Bonchev–Trinajstić information content (AvgIpc) is 2.55. The summed E-state index contributed by atoms with van der Waals surface area (Å²) in [5, 5.41) is 10.4. The molecule has 0 heterocycles. The normalized spacial score (nSPS) is 19.5. The molecule has 0 spiro atoms. The Labute approximate surface area is 151 Å². The van der Waals surface area contributed by atoms with Crippen molar-refractivity contribution in [3.63, 3.8) is 0 Å². The minimum absolute atomic E-state index is 0.0531. The molecule has 0 radical (unpaired) electrons.